The summed E-state index contributed by atoms with van der Waals surface area (Å²) in [6.07, 6.45) is 1.60. The Bertz CT molecular complexity index is 454. The van der Waals surface area contributed by atoms with Gasteiger partial charge in [-0.05, 0) is 30.3 Å². The van der Waals surface area contributed by atoms with Crippen LogP contribution in [0.5, 0.6) is 0 Å². The lowest BCUT2D eigenvalue weighted by molar-refractivity contribution is 1.31. The Morgan fingerprint density at radius 2 is 2.07 bits per heavy atom. The normalized spacial score (nSPS) is 9.93. The number of halogens is 1. The SMILES string of the molecule is Nc1ccc(Nc2cccc(Cl)c2)nc1. The molecular formula is C11H10ClN3. The Morgan fingerprint density at radius 3 is 2.73 bits per heavy atom. The van der Waals surface area contributed by atoms with Gasteiger partial charge in [0.1, 0.15) is 5.82 Å². The average Bonchev–Trinajstić information content (AvgIpc) is 2.22. The third-order valence-electron chi connectivity index (χ3n) is 1.88. The fourth-order valence-electron chi connectivity index (χ4n) is 1.19. The smallest absolute Gasteiger partial charge is 0.130 e. The first-order valence-electron chi connectivity index (χ1n) is 4.48. The minimum atomic E-state index is 0.645. The number of anilines is 3. The molecule has 0 aliphatic carbocycles. The van der Waals surface area contributed by atoms with Gasteiger partial charge in [-0.1, -0.05) is 17.7 Å². The number of pyridine rings is 1. The largest absolute Gasteiger partial charge is 0.397 e. The van der Waals surface area contributed by atoms with Crippen LogP contribution in [-0.4, -0.2) is 4.98 Å². The van der Waals surface area contributed by atoms with Crippen LogP contribution in [0.4, 0.5) is 17.2 Å². The number of benzene rings is 1. The molecule has 0 radical (unpaired) electrons. The van der Waals surface area contributed by atoms with Crippen molar-refractivity contribution in [2.75, 3.05) is 11.1 Å². The van der Waals surface area contributed by atoms with E-state index in [1.54, 1.807) is 12.3 Å². The topological polar surface area (TPSA) is 50.9 Å². The number of hydrogen-bond donors (Lipinski definition) is 2. The maximum atomic E-state index is 5.86. The minimum absolute atomic E-state index is 0.645. The molecule has 1 heterocycles. The van der Waals surface area contributed by atoms with Gasteiger partial charge in [-0.2, -0.15) is 0 Å². The molecule has 15 heavy (non-hydrogen) atoms. The van der Waals surface area contributed by atoms with E-state index in [1.807, 2.05) is 30.3 Å². The van der Waals surface area contributed by atoms with Crippen molar-refractivity contribution in [2.24, 2.45) is 0 Å². The predicted octanol–water partition coefficient (Wildman–Crippen LogP) is 3.06. The highest BCUT2D eigenvalue weighted by atomic mass is 35.5. The quantitative estimate of drug-likeness (QED) is 0.816. The van der Waals surface area contributed by atoms with Gasteiger partial charge in [0.2, 0.25) is 0 Å². The molecule has 0 saturated heterocycles. The number of nitrogens with one attached hydrogen (secondary N) is 1. The van der Waals surface area contributed by atoms with Crippen molar-refractivity contribution in [1.82, 2.24) is 4.98 Å². The Balaban J connectivity index is 2.18. The van der Waals surface area contributed by atoms with Crippen molar-refractivity contribution in [2.45, 2.75) is 0 Å². The van der Waals surface area contributed by atoms with Crippen molar-refractivity contribution in [3.05, 3.63) is 47.6 Å². The van der Waals surface area contributed by atoms with Crippen LogP contribution >= 0.6 is 11.6 Å². The van der Waals surface area contributed by atoms with Crippen molar-refractivity contribution < 1.29 is 0 Å². The number of rotatable bonds is 2. The summed E-state index contributed by atoms with van der Waals surface area (Å²) < 4.78 is 0. The molecule has 1 aromatic carbocycles. The van der Waals surface area contributed by atoms with Crippen molar-refractivity contribution in [3.63, 3.8) is 0 Å². The van der Waals surface area contributed by atoms with E-state index in [1.165, 1.54) is 0 Å². The molecule has 0 amide bonds. The molecule has 0 aliphatic heterocycles. The van der Waals surface area contributed by atoms with Crippen LogP contribution in [0.15, 0.2) is 42.6 Å². The lowest BCUT2D eigenvalue weighted by Gasteiger charge is -2.05. The second-order valence-electron chi connectivity index (χ2n) is 3.11. The van der Waals surface area contributed by atoms with E-state index in [4.69, 9.17) is 17.3 Å². The van der Waals surface area contributed by atoms with E-state index >= 15 is 0 Å². The number of hydrogen-bond acceptors (Lipinski definition) is 3. The first kappa shape index (κ1) is 9.80. The first-order chi connectivity index (χ1) is 7.24. The van der Waals surface area contributed by atoms with Crippen LogP contribution < -0.4 is 11.1 Å². The molecule has 0 fully saturated rings. The molecule has 0 spiro atoms. The summed E-state index contributed by atoms with van der Waals surface area (Å²) in [7, 11) is 0. The van der Waals surface area contributed by atoms with Crippen molar-refractivity contribution in [1.29, 1.82) is 0 Å². The van der Waals surface area contributed by atoms with E-state index in [9.17, 15) is 0 Å². The monoisotopic (exact) mass is 219 g/mol. The fourth-order valence-corrected chi connectivity index (χ4v) is 1.38. The molecule has 0 saturated carbocycles. The standard InChI is InChI=1S/C11H10ClN3/c12-8-2-1-3-10(6-8)15-11-5-4-9(13)7-14-11/h1-7H,13H2,(H,14,15). The number of nitrogens with two attached hydrogens (primary N) is 1. The maximum Gasteiger partial charge on any atom is 0.130 e. The van der Waals surface area contributed by atoms with Crippen LogP contribution in [-0.2, 0) is 0 Å². The van der Waals surface area contributed by atoms with Crippen molar-refractivity contribution >= 4 is 28.8 Å². The van der Waals surface area contributed by atoms with E-state index in [0.717, 1.165) is 11.5 Å². The Hall–Kier alpha value is -1.74. The lowest BCUT2D eigenvalue weighted by Crippen LogP contribution is -1.94. The summed E-state index contributed by atoms with van der Waals surface area (Å²) in [5, 5.41) is 3.81. The second kappa shape index (κ2) is 4.19. The van der Waals surface area contributed by atoms with Gasteiger partial charge < -0.3 is 11.1 Å². The molecular weight excluding hydrogens is 210 g/mol. The van der Waals surface area contributed by atoms with Gasteiger partial charge in [-0.15, -0.1) is 0 Å². The zero-order valence-corrected chi connectivity index (χ0v) is 8.70. The highest BCUT2D eigenvalue weighted by Crippen LogP contribution is 2.18. The fraction of sp³-hybridized carbons (Fsp3) is 0. The molecule has 76 valence electrons. The highest BCUT2D eigenvalue weighted by Gasteiger charge is 1.96. The molecule has 3 nitrogen and oxygen atoms in total. The lowest BCUT2D eigenvalue weighted by atomic mass is 10.3. The highest BCUT2D eigenvalue weighted by molar-refractivity contribution is 6.30. The molecule has 0 bridgehead atoms. The third kappa shape index (κ3) is 2.60. The predicted molar refractivity (Wildman–Crippen MR) is 63.4 cm³/mol. The molecule has 0 aliphatic rings. The molecule has 0 unspecified atom stereocenters. The van der Waals surface area contributed by atoms with Gasteiger partial charge in [0.15, 0.2) is 0 Å². The van der Waals surface area contributed by atoms with Gasteiger partial charge >= 0.3 is 0 Å². The van der Waals surface area contributed by atoms with Crippen LogP contribution in [0.3, 0.4) is 0 Å². The molecule has 3 N–H and O–H groups in total. The number of aromatic nitrogens is 1. The van der Waals surface area contributed by atoms with E-state index in [2.05, 4.69) is 10.3 Å². The second-order valence-corrected chi connectivity index (χ2v) is 3.55. The van der Waals surface area contributed by atoms with Crippen LogP contribution in [0.1, 0.15) is 0 Å². The van der Waals surface area contributed by atoms with Crippen LogP contribution in [0.25, 0.3) is 0 Å². The summed E-state index contributed by atoms with van der Waals surface area (Å²) in [5.74, 6) is 0.742. The summed E-state index contributed by atoms with van der Waals surface area (Å²) in [6.45, 7) is 0. The molecule has 2 rings (SSSR count). The van der Waals surface area contributed by atoms with Crippen LogP contribution in [0.2, 0.25) is 5.02 Å². The summed E-state index contributed by atoms with van der Waals surface area (Å²) in [4.78, 5) is 4.12. The Morgan fingerprint density at radius 1 is 1.20 bits per heavy atom. The van der Waals surface area contributed by atoms with E-state index < -0.39 is 0 Å². The molecule has 2 aromatic rings. The maximum absolute atomic E-state index is 5.86. The van der Waals surface area contributed by atoms with E-state index in [-0.39, 0.29) is 0 Å². The first-order valence-corrected chi connectivity index (χ1v) is 4.86. The van der Waals surface area contributed by atoms with E-state index in [0.29, 0.717) is 10.7 Å². The zero-order chi connectivity index (χ0) is 10.7. The summed E-state index contributed by atoms with van der Waals surface area (Å²) >= 11 is 5.86. The Kier molecular flexibility index (Phi) is 2.74. The van der Waals surface area contributed by atoms with Gasteiger partial charge in [0, 0.05) is 10.7 Å². The zero-order valence-electron chi connectivity index (χ0n) is 7.94. The summed E-state index contributed by atoms with van der Waals surface area (Å²) in [5.41, 5.74) is 7.08. The van der Waals surface area contributed by atoms with Gasteiger partial charge in [0.25, 0.3) is 0 Å². The molecule has 0 atom stereocenters. The van der Waals surface area contributed by atoms with Gasteiger partial charge in [-0.3, -0.25) is 0 Å². The average molecular weight is 220 g/mol. The number of nitrogens with zero attached hydrogens (tertiary/aromatic N) is 1. The minimum Gasteiger partial charge on any atom is -0.397 e. The van der Waals surface area contributed by atoms with Crippen molar-refractivity contribution in [3.8, 4) is 0 Å². The van der Waals surface area contributed by atoms with Crippen LogP contribution in [0, 0.1) is 0 Å². The van der Waals surface area contributed by atoms with Gasteiger partial charge in [0.05, 0.1) is 11.9 Å². The third-order valence-corrected chi connectivity index (χ3v) is 2.12. The molecule has 1 aromatic heterocycles. The van der Waals surface area contributed by atoms with Gasteiger partial charge in [-0.25, -0.2) is 4.98 Å². The summed E-state index contributed by atoms with van der Waals surface area (Å²) in [6, 6.07) is 11.1. The number of nitrogen functional groups attached to an aromatic ring is 1. The molecule has 4 heteroatoms. The Labute approximate surface area is 92.9 Å².